The van der Waals surface area contributed by atoms with Gasteiger partial charge in [-0.3, -0.25) is 14.9 Å². The van der Waals surface area contributed by atoms with Crippen LogP contribution < -0.4 is 14.9 Å². The zero-order valence-corrected chi connectivity index (χ0v) is 18.8. The van der Waals surface area contributed by atoms with Crippen molar-refractivity contribution in [3.8, 4) is 17.0 Å². The Balaban J connectivity index is 1.61. The molecule has 2 aromatic carbocycles. The third-order valence-electron chi connectivity index (χ3n) is 6.17. The number of hydrogen-bond donors (Lipinski definition) is 1. The van der Waals surface area contributed by atoms with Crippen molar-refractivity contribution in [3.05, 3.63) is 62.8 Å². The number of nitrogens with one attached hydrogen (secondary N) is 1. The first kappa shape index (κ1) is 21.4. The number of nitrogens with zero attached hydrogens (tertiary/aromatic N) is 3. The predicted molar refractivity (Wildman–Crippen MR) is 127 cm³/mol. The molecule has 2 heterocycles. The summed E-state index contributed by atoms with van der Waals surface area (Å²) in [6, 6.07) is 12.3. The molecule has 0 bridgehead atoms. The van der Waals surface area contributed by atoms with Gasteiger partial charge in [0.2, 0.25) is 0 Å². The Bertz CT molecular complexity index is 1270. The van der Waals surface area contributed by atoms with Gasteiger partial charge in [-0.15, -0.1) is 11.3 Å². The van der Waals surface area contributed by atoms with E-state index < -0.39 is 4.92 Å². The zero-order valence-electron chi connectivity index (χ0n) is 18.0. The van der Waals surface area contributed by atoms with E-state index in [1.165, 1.54) is 49.5 Å². The summed E-state index contributed by atoms with van der Waals surface area (Å²) in [5, 5.41) is 16.4. The lowest BCUT2D eigenvalue weighted by atomic mass is 9.89. The van der Waals surface area contributed by atoms with E-state index in [2.05, 4.69) is 9.88 Å². The zero-order chi connectivity index (χ0) is 22.8. The third kappa shape index (κ3) is 4.54. The van der Waals surface area contributed by atoms with Gasteiger partial charge < -0.3 is 14.6 Å². The number of carbonyl (C=O) groups is 1. The van der Waals surface area contributed by atoms with E-state index >= 15 is 0 Å². The molecule has 0 atom stereocenters. The Hall–Kier alpha value is -3.46. The van der Waals surface area contributed by atoms with E-state index in [1.807, 2.05) is 23.6 Å². The van der Waals surface area contributed by atoms with Crippen molar-refractivity contribution in [1.82, 2.24) is 4.57 Å². The van der Waals surface area contributed by atoms with Gasteiger partial charge in [0, 0.05) is 23.6 Å². The molecule has 0 saturated heterocycles. The van der Waals surface area contributed by atoms with Crippen LogP contribution in [-0.4, -0.2) is 22.0 Å². The topological polar surface area (TPSA) is 98.8 Å². The SMILES string of the molecule is O=C1COc2ccc(-c3csc(=Nc4ccccc4[N+](=O)[O-])n3CC3CCCCC3)cc2N1. The molecule has 1 N–H and O–H groups in total. The summed E-state index contributed by atoms with van der Waals surface area (Å²) in [7, 11) is 0. The summed E-state index contributed by atoms with van der Waals surface area (Å²) in [5.41, 5.74) is 2.90. The molecule has 0 spiro atoms. The summed E-state index contributed by atoms with van der Waals surface area (Å²) < 4.78 is 7.67. The number of nitro groups is 1. The largest absolute Gasteiger partial charge is 0.482 e. The molecule has 0 radical (unpaired) electrons. The second-order valence-corrected chi connectivity index (χ2v) is 9.26. The van der Waals surface area contributed by atoms with Crippen LogP contribution in [0.2, 0.25) is 0 Å². The number of hydrogen-bond acceptors (Lipinski definition) is 6. The third-order valence-corrected chi connectivity index (χ3v) is 7.03. The van der Waals surface area contributed by atoms with Crippen molar-refractivity contribution in [3.63, 3.8) is 0 Å². The van der Waals surface area contributed by atoms with Crippen molar-refractivity contribution in [1.29, 1.82) is 0 Å². The molecule has 8 nitrogen and oxygen atoms in total. The number of fused-ring (bicyclic) bond motifs is 1. The fourth-order valence-corrected chi connectivity index (χ4v) is 5.44. The van der Waals surface area contributed by atoms with Crippen LogP contribution in [-0.2, 0) is 11.3 Å². The first-order chi connectivity index (χ1) is 16.1. The molecule has 170 valence electrons. The van der Waals surface area contributed by atoms with Crippen molar-refractivity contribution in [2.75, 3.05) is 11.9 Å². The fourth-order valence-electron chi connectivity index (χ4n) is 4.51. The van der Waals surface area contributed by atoms with Gasteiger partial charge in [0.05, 0.1) is 16.3 Å². The maximum atomic E-state index is 11.8. The van der Waals surface area contributed by atoms with E-state index in [9.17, 15) is 14.9 Å². The highest BCUT2D eigenvalue weighted by atomic mass is 32.1. The molecule has 1 aliphatic heterocycles. The molecular formula is C24H24N4O4S. The highest BCUT2D eigenvalue weighted by Gasteiger charge is 2.21. The number of para-hydroxylation sites is 2. The minimum atomic E-state index is -0.398. The van der Waals surface area contributed by atoms with Gasteiger partial charge in [-0.25, -0.2) is 4.99 Å². The van der Waals surface area contributed by atoms with E-state index in [0.717, 1.165) is 22.6 Å². The van der Waals surface area contributed by atoms with E-state index in [1.54, 1.807) is 18.2 Å². The maximum Gasteiger partial charge on any atom is 0.294 e. The lowest BCUT2D eigenvalue weighted by Gasteiger charge is -2.23. The number of aromatic nitrogens is 1. The summed E-state index contributed by atoms with van der Waals surface area (Å²) >= 11 is 1.47. The standard InChI is InChI=1S/C24H24N4O4S/c29-23-14-32-22-11-10-17(12-19(22)25-23)21-15-33-24(27(21)13-16-6-2-1-3-7-16)26-18-8-4-5-9-20(18)28(30)31/h4-5,8-12,15-16H,1-3,6-7,13-14H2,(H,25,29). The Morgan fingerprint density at radius 3 is 2.82 bits per heavy atom. The van der Waals surface area contributed by atoms with Crippen LogP contribution in [0.4, 0.5) is 17.1 Å². The van der Waals surface area contributed by atoms with E-state index in [4.69, 9.17) is 9.73 Å². The first-order valence-corrected chi connectivity index (χ1v) is 12.0. The van der Waals surface area contributed by atoms with Crippen LogP contribution in [0.15, 0.2) is 52.8 Å². The number of amides is 1. The molecule has 0 unspecified atom stereocenters. The average Bonchev–Trinajstić information content (AvgIpc) is 3.21. The molecule has 33 heavy (non-hydrogen) atoms. The van der Waals surface area contributed by atoms with Gasteiger partial charge in [0.15, 0.2) is 11.4 Å². The summed E-state index contributed by atoms with van der Waals surface area (Å²) in [4.78, 5) is 28.3. The number of anilines is 1. The van der Waals surface area contributed by atoms with Crippen molar-refractivity contribution in [2.45, 2.75) is 38.6 Å². The van der Waals surface area contributed by atoms with E-state index in [0.29, 0.717) is 23.0 Å². The van der Waals surface area contributed by atoms with Crippen LogP contribution in [0.25, 0.3) is 11.3 Å². The highest BCUT2D eigenvalue weighted by molar-refractivity contribution is 7.07. The quantitative estimate of drug-likeness (QED) is 0.411. The number of benzene rings is 2. The second kappa shape index (κ2) is 9.19. The first-order valence-electron chi connectivity index (χ1n) is 11.1. The summed E-state index contributed by atoms with van der Waals surface area (Å²) in [6.07, 6.45) is 6.06. The van der Waals surface area contributed by atoms with Crippen molar-refractivity contribution >= 4 is 34.3 Å². The summed E-state index contributed by atoms with van der Waals surface area (Å²) in [5.74, 6) is 1.02. The monoisotopic (exact) mass is 464 g/mol. The molecule has 9 heteroatoms. The average molecular weight is 465 g/mol. The predicted octanol–water partition coefficient (Wildman–Crippen LogP) is 5.27. The van der Waals surface area contributed by atoms with Gasteiger partial charge in [-0.1, -0.05) is 31.4 Å². The number of thiazole rings is 1. The molecule has 2 aliphatic rings. The Labute approximate surface area is 194 Å². The molecule has 3 aromatic rings. The molecular weight excluding hydrogens is 440 g/mol. The lowest BCUT2D eigenvalue weighted by molar-refractivity contribution is -0.384. The Kier molecular flexibility index (Phi) is 5.95. The minimum Gasteiger partial charge on any atom is -0.482 e. The smallest absolute Gasteiger partial charge is 0.294 e. The van der Waals surface area contributed by atoms with Crippen LogP contribution in [0, 0.1) is 16.0 Å². The van der Waals surface area contributed by atoms with Crippen LogP contribution >= 0.6 is 11.3 Å². The van der Waals surface area contributed by atoms with E-state index in [-0.39, 0.29) is 18.2 Å². The molecule has 1 aromatic heterocycles. The second-order valence-electron chi connectivity index (χ2n) is 8.42. The molecule has 1 saturated carbocycles. The van der Waals surface area contributed by atoms with Crippen LogP contribution in [0.5, 0.6) is 5.75 Å². The van der Waals surface area contributed by atoms with Gasteiger partial charge in [0.25, 0.3) is 11.6 Å². The van der Waals surface area contributed by atoms with Gasteiger partial charge in [-0.05, 0) is 43.0 Å². The Morgan fingerprint density at radius 1 is 1.18 bits per heavy atom. The summed E-state index contributed by atoms with van der Waals surface area (Å²) in [6.45, 7) is 0.823. The molecule has 5 rings (SSSR count). The van der Waals surface area contributed by atoms with Gasteiger partial charge in [-0.2, -0.15) is 0 Å². The number of rotatable bonds is 5. The lowest BCUT2D eigenvalue weighted by Crippen LogP contribution is -2.25. The fraction of sp³-hybridized carbons (Fsp3) is 0.333. The van der Waals surface area contributed by atoms with Crippen LogP contribution in [0.1, 0.15) is 32.1 Å². The number of carbonyl (C=O) groups excluding carboxylic acids is 1. The maximum absolute atomic E-state index is 11.8. The van der Waals surface area contributed by atoms with Gasteiger partial charge >= 0.3 is 0 Å². The highest BCUT2D eigenvalue weighted by Crippen LogP contribution is 2.34. The van der Waals surface area contributed by atoms with Crippen molar-refractivity contribution in [2.24, 2.45) is 10.9 Å². The normalized spacial score (nSPS) is 16.7. The number of ether oxygens (including phenoxy) is 1. The number of nitro benzene ring substituents is 1. The molecule has 1 aliphatic carbocycles. The minimum absolute atomic E-state index is 0.00897. The van der Waals surface area contributed by atoms with Crippen molar-refractivity contribution < 1.29 is 14.5 Å². The van der Waals surface area contributed by atoms with Crippen LogP contribution in [0.3, 0.4) is 0 Å². The van der Waals surface area contributed by atoms with Gasteiger partial charge in [0.1, 0.15) is 11.4 Å². The molecule has 1 amide bonds. The molecule has 1 fully saturated rings. The Morgan fingerprint density at radius 2 is 2.00 bits per heavy atom.